The third kappa shape index (κ3) is 4.55. The Hall–Kier alpha value is -3.52. The molecule has 0 aliphatic rings. The van der Waals surface area contributed by atoms with E-state index in [1.54, 1.807) is 24.3 Å². The number of Topliss-reactive ketones (excluding diaryl/α,β-unsaturated/α-hetero) is 1. The number of carbonyl (C=O) groups excluding carboxylic acids is 2. The van der Waals surface area contributed by atoms with Crippen molar-refractivity contribution in [2.45, 2.75) is 11.8 Å². The summed E-state index contributed by atoms with van der Waals surface area (Å²) in [4.78, 5) is 24.0. The van der Waals surface area contributed by atoms with Gasteiger partial charge < -0.3 is 5.32 Å². The first-order valence-corrected chi connectivity index (χ1v) is 10.4. The molecule has 0 radical (unpaired) electrons. The minimum atomic E-state index is -3.97. The first-order chi connectivity index (χ1) is 14.2. The zero-order valence-corrected chi connectivity index (χ0v) is 17.1. The van der Waals surface area contributed by atoms with Crippen molar-refractivity contribution in [3.05, 3.63) is 89.7 Å². The number of nitrogens with zero attached hydrogens (tertiary/aromatic N) is 1. The molecule has 0 aliphatic heterocycles. The SMILES string of the molecule is CC(=O)c1cccc(NC(=O)c2cccc(S(=O)(=O)N(C)c3ccc(F)cc3)c2)c1. The van der Waals surface area contributed by atoms with Crippen LogP contribution in [0.3, 0.4) is 0 Å². The summed E-state index contributed by atoms with van der Waals surface area (Å²) in [6.45, 7) is 1.42. The molecule has 1 amide bonds. The third-order valence-electron chi connectivity index (χ3n) is 4.47. The Morgan fingerprint density at radius 2 is 1.53 bits per heavy atom. The molecule has 30 heavy (non-hydrogen) atoms. The summed E-state index contributed by atoms with van der Waals surface area (Å²) < 4.78 is 40.0. The summed E-state index contributed by atoms with van der Waals surface area (Å²) in [7, 11) is -2.62. The molecule has 0 unspecified atom stereocenters. The maximum atomic E-state index is 13.1. The molecule has 0 fully saturated rings. The number of hydrogen-bond acceptors (Lipinski definition) is 4. The van der Waals surface area contributed by atoms with Gasteiger partial charge in [-0.1, -0.05) is 18.2 Å². The van der Waals surface area contributed by atoms with Crippen molar-refractivity contribution < 1.29 is 22.4 Å². The number of anilines is 2. The molecule has 1 N–H and O–H groups in total. The third-order valence-corrected chi connectivity index (χ3v) is 6.25. The van der Waals surface area contributed by atoms with Crippen LogP contribution < -0.4 is 9.62 Å². The van der Waals surface area contributed by atoms with Crippen LogP contribution in [0.15, 0.2) is 77.7 Å². The predicted molar refractivity (Wildman–Crippen MR) is 113 cm³/mol. The van der Waals surface area contributed by atoms with Crippen LogP contribution in [0, 0.1) is 5.82 Å². The second-order valence-electron chi connectivity index (χ2n) is 6.57. The first kappa shape index (κ1) is 21.2. The molecule has 0 aromatic heterocycles. The maximum absolute atomic E-state index is 13.1. The van der Waals surface area contributed by atoms with E-state index in [0.717, 1.165) is 4.31 Å². The standard InChI is InChI=1S/C22H19FN2O4S/c1-15(26)16-5-3-7-19(13-16)24-22(27)17-6-4-8-21(14-17)30(28,29)25(2)20-11-9-18(23)10-12-20/h3-14H,1-2H3,(H,24,27). The molecule has 154 valence electrons. The Bertz CT molecular complexity index is 1210. The highest BCUT2D eigenvalue weighted by atomic mass is 32.2. The summed E-state index contributed by atoms with van der Waals surface area (Å²) in [5.74, 6) is -1.13. The monoisotopic (exact) mass is 426 g/mol. The summed E-state index contributed by atoms with van der Waals surface area (Å²) in [5, 5.41) is 2.66. The highest BCUT2D eigenvalue weighted by molar-refractivity contribution is 7.92. The van der Waals surface area contributed by atoms with Gasteiger partial charge in [-0.15, -0.1) is 0 Å². The van der Waals surface area contributed by atoms with E-state index >= 15 is 0 Å². The van der Waals surface area contributed by atoms with Crippen molar-refractivity contribution >= 4 is 33.1 Å². The predicted octanol–water partition coefficient (Wildman–Crippen LogP) is 4.11. The van der Waals surface area contributed by atoms with Gasteiger partial charge in [-0.3, -0.25) is 13.9 Å². The molecule has 8 heteroatoms. The van der Waals surface area contributed by atoms with Gasteiger partial charge >= 0.3 is 0 Å². The van der Waals surface area contributed by atoms with Crippen molar-refractivity contribution in [1.82, 2.24) is 0 Å². The molecule has 6 nitrogen and oxygen atoms in total. The highest BCUT2D eigenvalue weighted by Crippen LogP contribution is 2.23. The summed E-state index contributed by atoms with van der Waals surface area (Å²) in [5.41, 5.74) is 1.29. The maximum Gasteiger partial charge on any atom is 0.264 e. The van der Waals surface area contributed by atoms with Gasteiger partial charge in [0.25, 0.3) is 15.9 Å². The Morgan fingerprint density at radius 1 is 0.900 bits per heavy atom. The number of ketones is 1. The van der Waals surface area contributed by atoms with Gasteiger partial charge in [0.1, 0.15) is 5.82 Å². The van der Waals surface area contributed by atoms with Crippen molar-refractivity contribution in [2.24, 2.45) is 0 Å². The van der Waals surface area contributed by atoms with Gasteiger partial charge in [-0.2, -0.15) is 0 Å². The molecule has 0 saturated heterocycles. The molecular formula is C22H19FN2O4S. The van der Waals surface area contributed by atoms with Crippen molar-refractivity contribution in [3.63, 3.8) is 0 Å². The normalized spacial score (nSPS) is 11.0. The number of nitrogens with one attached hydrogen (secondary N) is 1. The number of hydrogen-bond donors (Lipinski definition) is 1. The van der Waals surface area contributed by atoms with Gasteiger partial charge in [0.2, 0.25) is 0 Å². The van der Waals surface area contributed by atoms with Crippen LogP contribution in [-0.2, 0) is 10.0 Å². The topological polar surface area (TPSA) is 83.5 Å². The van der Waals surface area contributed by atoms with Gasteiger partial charge in [-0.25, -0.2) is 12.8 Å². The Balaban J connectivity index is 1.86. The van der Waals surface area contributed by atoms with E-state index in [1.807, 2.05) is 0 Å². The average molecular weight is 426 g/mol. The molecule has 0 heterocycles. The van der Waals surface area contributed by atoms with Crippen LogP contribution in [0.5, 0.6) is 0 Å². The van der Waals surface area contributed by atoms with Gasteiger partial charge in [0.15, 0.2) is 5.78 Å². The molecular weight excluding hydrogens is 407 g/mol. The molecule has 0 aliphatic carbocycles. The average Bonchev–Trinajstić information content (AvgIpc) is 2.74. The molecule has 0 spiro atoms. The first-order valence-electron chi connectivity index (χ1n) is 8.95. The fourth-order valence-electron chi connectivity index (χ4n) is 2.76. The van der Waals surface area contributed by atoms with Crippen LogP contribution in [-0.4, -0.2) is 27.2 Å². The van der Waals surface area contributed by atoms with Crippen LogP contribution in [0.25, 0.3) is 0 Å². The number of halogens is 1. The van der Waals surface area contributed by atoms with E-state index in [2.05, 4.69) is 5.32 Å². The second kappa shape index (κ2) is 8.46. The molecule has 3 aromatic rings. The fraction of sp³-hybridized carbons (Fsp3) is 0.0909. The Morgan fingerprint density at radius 3 is 2.20 bits per heavy atom. The molecule has 0 saturated carbocycles. The highest BCUT2D eigenvalue weighted by Gasteiger charge is 2.22. The van der Waals surface area contributed by atoms with E-state index in [-0.39, 0.29) is 21.9 Å². The zero-order valence-electron chi connectivity index (χ0n) is 16.3. The van der Waals surface area contributed by atoms with Gasteiger partial charge in [0.05, 0.1) is 10.6 Å². The quantitative estimate of drug-likeness (QED) is 0.602. The lowest BCUT2D eigenvalue weighted by Gasteiger charge is -2.19. The van der Waals surface area contributed by atoms with Crippen LogP contribution in [0.4, 0.5) is 15.8 Å². The lowest BCUT2D eigenvalue weighted by molar-refractivity contribution is 0.101. The number of amides is 1. The Kier molecular flexibility index (Phi) is 5.98. The smallest absolute Gasteiger partial charge is 0.264 e. The summed E-state index contributed by atoms with van der Waals surface area (Å²) in [6, 6.07) is 17.1. The number of rotatable bonds is 6. The van der Waals surface area contributed by atoms with Gasteiger partial charge in [0, 0.05) is 23.9 Å². The number of carbonyl (C=O) groups is 2. The summed E-state index contributed by atoms with van der Waals surface area (Å²) >= 11 is 0. The van der Waals surface area contributed by atoms with Crippen molar-refractivity contribution in [3.8, 4) is 0 Å². The fourth-order valence-corrected chi connectivity index (χ4v) is 4.01. The minimum absolute atomic E-state index is 0.0838. The van der Waals surface area contributed by atoms with E-state index in [9.17, 15) is 22.4 Å². The van der Waals surface area contributed by atoms with Gasteiger partial charge in [-0.05, 0) is 61.5 Å². The molecule has 0 bridgehead atoms. The van der Waals surface area contributed by atoms with E-state index < -0.39 is 21.7 Å². The van der Waals surface area contributed by atoms with E-state index in [1.165, 1.54) is 62.5 Å². The number of benzene rings is 3. The minimum Gasteiger partial charge on any atom is -0.322 e. The van der Waals surface area contributed by atoms with E-state index in [4.69, 9.17) is 0 Å². The van der Waals surface area contributed by atoms with E-state index in [0.29, 0.717) is 11.3 Å². The molecule has 3 aromatic carbocycles. The lowest BCUT2D eigenvalue weighted by Crippen LogP contribution is -2.26. The van der Waals surface area contributed by atoms with Crippen LogP contribution in [0.2, 0.25) is 0 Å². The molecule has 3 rings (SSSR count). The largest absolute Gasteiger partial charge is 0.322 e. The lowest BCUT2D eigenvalue weighted by atomic mass is 10.1. The van der Waals surface area contributed by atoms with Crippen molar-refractivity contribution in [2.75, 3.05) is 16.7 Å². The second-order valence-corrected chi connectivity index (χ2v) is 8.54. The number of sulfonamides is 1. The van der Waals surface area contributed by atoms with Crippen LogP contribution >= 0.6 is 0 Å². The summed E-state index contributed by atoms with van der Waals surface area (Å²) in [6.07, 6.45) is 0. The van der Waals surface area contributed by atoms with Crippen molar-refractivity contribution in [1.29, 1.82) is 0 Å². The Labute approximate surface area is 174 Å². The molecule has 0 atom stereocenters. The van der Waals surface area contributed by atoms with Crippen LogP contribution in [0.1, 0.15) is 27.6 Å². The zero-order chi connectivity index (χ0) is 21.9.